The lowest BCUT2D eigenvalue weighted by atomic mass is 10.2. The highest BCUT2D eigenvalue weighted by Crippen LogP contribution is 2.33. The molecular formula is C17H27Br2NO2. The lowest BCUT2D eigenvalue weighted by molar-refractivity contribution is 0.128. The molecule has 0 unspecified atom stereocenters. The van der Waals surface area contributed by atoms with Crippen LogP contribution < -0.4 is 10.1 Å². The Hall–Kier alpha value is -0.100. The van der Waals surface area contributed by atoms with Crippen LogP contribution in [0, 0.1) is 0 Å². The van der Waals surface area contributed by atoms with Crippen molar-refractivity contribution >= 4 is 31.9 Å². The molecule has 3 nitrogen and oxygen atoms in total. The minimum Gasteiger partial charge on any atom is -0.489 e. The second kappa shape index (κ2) is 11.4. The molecule has 1 aromatic rings. The Kier molecular flexibility index (Phi) is 10.4. The number of rotatable bonds is 11. The van der Waals surface area contributed by atoms with Crippen LogP contribution in [-0.2, 0) is 11.3 Å². The molecule has 0 aliphatic carbocycles. The molecule has 1 aromatic carbocycles. The highest BCUT2D eigenvalue weighted by Gasteiger charge is 2.11. The van der Waals surface area contributed by atoms with Crippen LogP contribution in [0.1, 0.15) is 45.6 Å². The van der Waals surface area contributed by atoms with Crippen LogP contribution in [0.5, 0.6) is 5.75 Å². The van der Waals surface area contributed by atoms with Gasteiger partial charge in [0.25, 0.3) is 0 Å². The van der Waals surface area contributed by atoms with Crippen LogP contribution in [0.25, 0.3) is 0 Å². The standard InChI is InChI=1S/C17H27Br2NO2/c1-4-5-8-21-9-6-7-20-12-14-10-15(18)11-16(19)17(14)22-13(2)3/h10-11,13,20H,4-9,12H2,1-3H3. The molecule has 126 valence electrons. The monoisotopic (exact) mass is 435 g/mol. The molecule has 0 aromatic heterocycles. The number of ether oxygens (including phenoxy) is 2. The molecule has 0 radical (unpaired) electrons. The van der Waals surface area contributed by atoms with Gasteiger partial charge >= 0.3 is 0 Å². The van der Waals surface area contributed by atoms with Crippen LogP contribution in [-0.4, -0.2) is 25.9 Å². The average molecular weight is 437 g/mol. The van der Waals surface area contributed by atoms with Crippen LogP contribution in [0.2, 0.25) is 0 Å². The van der Waals surface area contributed by atoms with Crippen molar-refractivity contribution in [2.45, 2.75) is 52.7 Å². The highest BCUT2D eigenvalue weighted by molar-refractivity contribution is 9.11. The molecule has 0 aliphatic rings. The number of benzene rings is 1. The largest absolute Gasteiger partial charge is 0.489 e. The van der Waals surface area contributed by atoms with Gasteiger partial charge in [-0.25, -0.2) is 0 Å². The Morgan fingerprint density at radius 3 is 2.55 bits per heavy atom. The van der Waals surface area contributed by atoms with Crippen molar-refractivity contribution in [2.75, 3.05) is 19.8 Å². The van der Waals surface area contributed by atoms with Crippen LogP contribution >= 0.6 is 31.9 Å². The van der Waals surface area contributed by atoms with Crippen LogP contribution in [0.3, 0.4) is 0 Å². The summed E-state index contributed by atoms with van der Waals surface area (Å²) in [5.41, 5.74) is 1.15. The summed E-state index contributed by atoms with van der Waals surface area (Å²) in [6, 6.07) is 4.12. The van der Waals surface area contributed by atoms with E-state index in [2.05, 4.69) is 50.2 Å². The second-order valence-electron chi connectivity index (χ2n) is 5.54. The SMILES string of the molecule is CCCCOCCCNCc1cc(Br)cc(Br)c1OC(C)C. The van der Waals surface area contributed by atoms with Crippen molar-refractivity contribution in [1.82, 2.24) is 5.32 Å². The molecule has 1 rings (SSSR count). The third-order valence-electron chi connectivity index (χ3n) is 3.04. The molecule has 0 heterocycles. The number of hydrogen-bond donors (Lipinski definition) is 1. The van der Waals surface area contributed by atoms with Crippen molar-refractivity contribution in [3.63, 3.8) is 0 Å². The van der Waals surface area contributed by atoms with Gasteiger partial charge < -0.3 is 14.8 Å². The van der Waals surface area contributed by atoms with Gasteiger partial charge in [-0.15, -0.1) is 0 Å². The van der Waals surface area contributed by atoms with E-state index in [9.17, 15) is 0 Å². The van der Waals surface area contributed by atoms with Gasteiger partial charge in [0.15, 0.2) is 0 Å². The van der Waals surface area contributed by atoms with E-state index >= 15 is 0 Å². The van der Waals surface area contributed by atoms with Gasteiger partial charge in [0, 0.05) is 29.8 Å². The van der Waals surface area contributed by atoms with E-state index < -0.39 is 0 Å². The Morgan fingerprint density at radius 1 is 1.14 bits per heavy atom. The first-order chi connectivity index (χ1) is 10.5. The average Bonchev–Trinajstić information content (AvgIpc) is 2.45. The predicted octanol–water partition coefficient (Wildman–Crippen LogP) is 5.30. The Balaban J connectivity index is 2.41. The minimum atomic E-state index is 0.156. The summed E-state index contributed by atoms with van der Waals surface area (Å²) in [6.07, 6.45) is 3.52. The quantitative estimate of drug-likeness (QED) is 0.477. The minimum absolute atomic E-state index is 0.156. The summed E-state index contributed by atoms with van der Waals surface area (Å²) in [5.74, 6) is 0.921. The summed E-state index contributed by atoms with van der Waals surface area (Å²) in [5, 5.41) is 3.46. The zero-order valence-corrected chi connectivity index (χ0v) is 16.9. The van der Waals surface area contributed by atoms with Gasteiger partial charge in [-0.3, -0.25) is 0 Å². The van der Waals surface area contributed by atoms with Gasteiger partial charge in [0.2, 0.25) is 0 Å². The summed E-state index contributed by atoms with van der Waals surface area (Å²) in [6.45, 7) is 9.69. The summed E-state index contributed by atoms with van der Waals surface area (Å²) in [7, 11) is 0. The van der Waals surface area contributed by atoms with Crippen molar-refractivity contribution in [2.24, 2.45) is 0 Å². The number of nitrogens with one attached hydrogen (secondary N) is 1. The molecule has 0 fully saturated rings. The third-order valence-corrected chi connectivity index (χ3v) is 4.09. The van der Waals surface area contributed by atoms with E-state index in [0.29, 0.717) is 0 Å². The van der Waals surface area contributed by atoms with Crippen LogP contribution in [0.15, 0.2) is 21.1 Å². The summed E-state index contributed by atoms with van der Waals surface area (Å²) >= 11 is 7.12. The van der Waals surface area contributed by atoms with E-state index in [4.69, 9.17) is 9.47 Å². The predicted molar refractivity (Wildman–Crippen MR) is 99.7 cm³/mol. The maximum atomic E-state index is 5.92. The van der Waals surface area contributed by atoms with Crippen molar-refractivity contribution in [3.05, 3.63) is 26.6 Å². The van der Waals surface area contributed by atoms with Gasteiger partial charge in [0.05, 0.1) is 10.6 Å². The van der Waals surface area contributed by atoms with Crippen molar-refractivity contribution in [1.29, 1.82) is 0 Å². The van der Waals surface area contributed by atoms with Crippen LogP contribution in [0.4, 0.5) is 0 Å². The van der Waals surface area contributed by atoms with Crippen molar-refractivity contribution < 1.29 is 9.47 Å². The molecule has 0 amide bonds. The Morgan fingerprint density at radius 2 is 1.86 bits per heavy atom. The first-order valence-electron chi connectivity index (χ1n) is 7.97. The first kappa shape index (κ1) is 19.9. The van der Waals surface area contributed by atoms with E-state index in [1.165, 1.54) is 6.42 Å². The number of hydrogen-bond acceptors (Lipinski definition) is 3. The Labute approximate surface area is 151 Å². The van der Waals surface area contributed by atoms with Gasteiger partial charge in [-0.1, -0.05) is 29.3 Å². The number of halogens is 2. The lowest BCUT2D eigenvalue weighted by Gasteiger charge is -2.17. The number of unbranched alkanes of at least 4 members (excludes halogenated alkanes) is 1. The van der Waals surface area contributed by atoms with Gasteiger partial charge in [-0.05, 0) is 61.3 Å². The molecular weight excluding hydrogens is 410 g/mol. The molecule has 0 saturated heterocycles. The molecule has 0 aliphatic heterocycles. The van der Waals surface area contributed by atoms with Crippen molar-refractivity contribution in [3.8, 4) is 5.75 Å². The molecule has 22 heavy (non-hydrogen) atoms. The molecule has 5 heteroatoms. The fraction of sp³-hybridized carbons (Fsp3) is 0.647. The molecule has 1 N–H and O–H groups in total. The summed E-state index contributed by atoms with van der Waals surface area (Å²) < 4.78 is 13.5. The zero-order valence-electron chi connectivity index (χ0n) is 13.8. The molecule has 0 bridgehead atoms. The smallest absolute Gasteiger partial charge is 0.138 e. The van der Waals surface area contributed by atoms with Gasteiger partial charge in [-0.2, -0.15) is 0 Å². The third kappa shape index (κ3) is 7.95. The van der Waals surface area contributed by atoms with E-state index in [0.717, 1.165) is 59.4 Å². The molecule has 0 atom stereocenters. The topological polar surface area (TPSA) is 30.5 Å². The molecule has 0 spiro atoms. The van der Waals surface area contributed by atoms with Gasteiger partial charge in [0.1, 0.15) is 5.75 Å². The maximum absolute atomic E-state index is 5.92. The van der Waals surface area contributed by atoms with E-state index in [1.54, 1.807) is 0 Å². The Bertz CT molecular complexity index is 439. The van der Waals surface area contributed by atoms with E-state index in [1.807, 2.05) is 19.9 Å². The highest BCUT2D eigenvalue weighted by atomic mass is 79.9. The fourth-order valence-corrected chi connectivity index (χ4v) is 3.39. The lowest BCUT2D eigenvalue weighted by Crippen LogP contribution is -2.18. The summed E-state index contributed by atoms with van der Waals surface area (Å²) in [4.78, 5) is 0. The maximum Gasteiger partial charge on any atom is 0.138 e. The second-order valence-corrected chi connectivity index (χ2v) is 7.31. The van der Waals surface area contributed by atoms with E-state index in [-0.39, 0.29) is 6.10 Å². The first-order valence-corrected chi connectivity index (χ1v) is 9.56. The molecule has 0 saturated carbocycles. The normalized spacial score (nSPS) is 11.2. The zero-order chi connectivity index (χ0) is 16.4. The fourth-order valence-electron chi connectivity index (χ4n) is 1.98.